The van der Waals surface area contributed by atoms with Crippen molar-refractivity contribution in [2.75, 3.05) is 33.1 Å². The Kier molecular flexibility index (Phi) is 8.92. The fourth-order valence-corrected chi connectivity index (χ4v) is 8.08. The van der Waals surface area contributed by atoms with Gasteiger partial charge in [-0.15, -0.1) is 0 Å². The Hall–Kier alpha value is -4.23. The van der Waals surface area contributed by atoms with Crippen molar-refractivity contribution < 1.29 is 23.7 Å². The first-order chi connectivity index (χ1) is 24.9. The molecule has 3 fully saturated rings. The lowest BCUT2D eigenvalue weighted by Crippen LogP contribution is -2.48. The second kappa shape index (κ2) is 13.3. The van der Waals surface area contributed by atoms with Gasteiger partial charge in [-0.25, -0.2) is 15.0 Å². The van der Waals surface area contributed by atoms with Crippen LogP contribution in [-0.4, -0.2) is 87.4 Å². The van der Waals surface area contributed by atoms with Crippen LogP contribution in [0.4, 0.5) is 5.82 Å². The average Bonchev–Trinajstić information content (AvgIpc) is 3.86. The third-order valence-corrected chi connectivity index (χ3v) is 11.0. The van der Waals surface area contributed by atoms with E-state index < -0.39 is 12.0 Å². The van der Waals surface area contributed by atoms with E-state index in [9.17, 15) is 0 Å². The summed E-state index contributed by atoms with van der Waals surface area (Å²) in [7, 11) is 5.51. The van der Waals surface area contributed by atoms with Gasteiger partial charge in [0.05, 0.1) is 30.6 Å². The molecule has 12 heteroatoms. The van der Waals surface area contributed by atoms with Gasteiger partial charge in [0, 0.05) is 43.4 Å². The number of likely N-dealkylation sites (N-methyl/N-ethyl adjacent to an activating group) is 1. The number of aromatic amines is 1. The zero-order valence-corrected chi connectivity index (χ0v) is 31.5. The van der Waals surface area contributed by atoms with Crippen molar-refractivity contribution in [2.24, 2.45) is 5.92 Å². The maximum atomic E-state index is 6.82. The van der Waals surface area contributed by atoms with Crippen LogP contribution in [0.3, 0.4) is 0 Å². The summed E-state index contributed by atoms with van der Waals surface area (Å²) >= 11 is 0. The SMILES string of the molecule is COc1ccc(CNc2ncnc3c2ccn3[C@@H]2O[C@H](CN(C)C3CC(Cc4nc5cc(C(C)(C)C)ccc5[nH]4)C3)[C@H]3OC(C)(C)O[C@H]32)c(OC)c1. The number of nitrogens with one attached hydrogen (secondary N) is 2. The Morgan fingerprint density at radius 2 is 1.83 bits per heavy atom. The second-order valence-corrected chi connectivity index (χ2v) is 16.1. The molecule has 276 valence electrons. The molecule has 4 atom stereocenters. The Balaban J connectivity index is 0.928. The number of H-pyrrole nitrogens is 1. The summed E-state index contributed by atoms with van der Waals surface area (Å²) in [5, 5.41) is 4.37. The highest BCUT2D eigenvalue weighted by atomic mass is 16.8. The Labute approximate surface area is 305 Å². The topological polar surface area (TPSA) is 121 Å². The second-order valence-electron chi connectivity index (χ2n) is 16.1. The summed E-state index contributed by atoms with van der Waals surface area (Å²) < 4.78 is 32.8. The largest absolute Gasteiger partial charge is 0.497 e. The van der Waals surface area contributed by atoms with Crippen molar-refractivity contribution in [1.82, 2.24) is 29.4 Å². The molecule has 0 unspecified atom stereocenters. The molecular weight excluding hydrogens is 658 g/mol. The van der Waals surface area contributed by atoms with Crippen LogP contribution in [0.25, 0.3) is 22.1 Å². The van der Waals surface area contributed by atoms with Crippen molar-refractivity contribution in [3.63, 3.8) is 0 Å². The van der Waals surface area contributed by atoms with E-state index in [0.29, 0.717) is 18.5 Å². The van der Waals surface area contributed by atoms with Gasteiger partial charge in [0.25, 0.3) is 0 Å². The van der Waals surface area contributed by atoms with Gasteiger partial charge in [-0.05, 0) is 81.0 Å². The smallest absolute Gasteiger partial charge is 0.164 e. The van der Waals surface area contributed by atoms with Crippen molar-refractivity contribution in [3.8, 4) is 11.5 Å². The molecule has 1 saturated carbocycles. The average molecular weight is 710 g/mol. The van der Waals surface area contributed by atoms with Gasteiger partial charge < -0.3 is 43.5 Å². The Morgan fingerprint density at radius 1 is 1.02 bits per heavy atom. The van der Waals surface area contributed by atoms with E-state index in [1.165, 1.54) is 5.56 Å². The van der Waals surface area contributed by atoms with E-state index in [2.05, 4.69) is 70.8 Å². The zero-order chi connectivity index (χ0) is 36.4. The molecular formula is C40H51N7O5. The molecule has 2 aromatic carbocycles. The standard InChI is InChI=1S/C40H51N7O5/c1-39(2,3)25-10-12-29-30(18-25)45-33(44-29)17-23-15-26(16-23)46(6)21-32-34-35(52-40(4,5)51-34)38(50-32)47-14-13-28-36(42-22-43-37(28)47)41-20-24-9-11-27(48-7)19-31(24)49-8/h9-14,18-19,22-23,26,32,34-35,38H,15-17,20-21H2,1-8H3,(H,44,45)(H,41,42,43)/t23?,26?,32-,34-,35-,38-/m1/s1. The normalized spacial score (nSPS) is 25.5. The maximum Gasteiger partial charge on any atom is 0.164 e. The number of hydrogen-bond donors (Lipinski definition) is 2. The van der Waals surface area contributed by atoms with Crippen LogP contribution < -0.4 is 14.8 Å². The predicted molar refractivity (Wildman–Crippen MR) is 200 cm³/mol. The van der Waals surface area contributed by atoms with Crippen LogP contribution in [0.1, 0.15) is 70.6 Å². The molecule has 2 N–H and O–H groups in total. The summed E-state index contributed by atoms with van der Waals surface area (Å²) in [5.74, 6) is 3.19. The highest BCUT2D eigenvalue weighted by Gasteiger charge is 2.56. The Morgan fingerprint density at radius 3 is 2.60 bits per heavy atom. The van der Waals surface area contributed by atoms with Gasteiger partial charge in [-0.2, -0.15) is 0 Å². The number of imidazole rings is 1. The number of hydrogen-bond acceptors (Lipinski definition) is 10. The molecule has 8 rings (SSSR count). The van der Waals surface area contributed by atoms with Crippen LogP contribution in [0, 0.1) is 5.92 Å². The van der Waals surface area contributed by atoms with Crippen molar-refractivity contribution in [2.45, 2.75) is 102 Å². The van der Waals surface area contributed by atoms with Gasteiger partial charge in [-0.1, -0.05) is 26.8 Å². The maximum absolute atomic E-state index is 6.82. The highest BCUT2D eigenvalue weighted by Crippen LogP contribution is 2.45. The van der Waals surface area contributed by atoms with E-state index in [0.717, 1.165) is 76.6 Å². The molecule has 5 aromatic rings. The number of aromatic nitrogens is 5. The van der Waals surface area contributed by atoms with Gasteiger partial charge >= 0.3 is 0 Å². The van der Waals surface area contributed by atoms with E-state index in [1.807, 2.05) is 44.3 Å². The van der Waals surface area contributed by atoms with Gasteiger partial charge in [0.1, 0.15) is 53.4 Å². The van der Waals surface area contributed by atoms with Crippen molar-refractivity contribution >= 4 is 27.9 Å². The number of methoxy groups -OCH3 is 2. The number of fused-ring (bicyclic) bond motifs is 3. The number of anilines is 1. The molecule has 0 bridgehead atoms. The zero-order valence-electron chi connectivity index (χ0n) is 31.5. The number of rotatable bonds is 11. The van der Waals surface area contributed by atoms with Crippen LogP contribution >= 0.6 is 0 Å². The molecule has 0 spiro atoms. The van der Waals surface area contributed by atoms with Crippen LogP contribution in [-0.2, 0) is 32.6 Å². The highest BCUT2D eigenvalue weighted by molar-refractivity contribution is 5.87. The van der Waals surface area contributed by atoms with Crippen LogP contribution in [0.2, 0.25) is 0 Å². The number of ether oxygens (including phenoxy) is 5. The Bertz CT molecular complexity index is 2060. The fourth-order valence-electron chi connectivity index (χ4n) is 8.08. The molecule has 52 heavy (non-hydrogen) atoms. The molecule has 1 aliphatic carbocycles. The summed E-state index contributed by atoms with van der Waals surface area (Å²) in [6.45, 7) is 12.0. The molecule has 2 saturated heterocycles. The lowest BCUT2D eigenvalue weighted by atomic mass is 9.77. The lowest BCUT2D eigenvalue weighted by Gasteiger charge is -2.42. The van der Waals surface area contributed by atoms with E-state index in [4.69, 9.17) is 33.7 Å². The van der Waals surface area contributed by atoms with Crippen LogP contribution in [0.5, 0.6) is 11.5 Å². The number of nitrogens with zero attached hydrogens (tertiary/aromatic N) is 5. The molecule has 0 radical (unpaired) electrons. The van der Waals surface area contributed by atoms with Crippen molar-refractivity contribution in [1.29, 1.82) is 0 Å². The van der Waals surface area contributed by atoms with Crippen LogP contribution in [0.15, 0.2) is 55.0 Å². The summed E-state index contributed by atoms with van der Waals surface area (Å²) in [6.07, 6.45) is 5.79. The first-order valence-corrected chi connectivity index (χ1v) is 18.4. The summed E-state index contributed by atoms with van der Waals surface area (Å²) in [4.78, 5) is 20.2. The minimum atomic E-state index is -0.710. The minimum Gasteiger partial charge on any atom is -0.497 e. The fraction of sp³-hybridized carbons (Fsp3) is 0.525. The van der Waals surface area contributed by atoms with E-state index in [-0.39, 0.29) is 23.7 Å². The predicted octanol–water partition coefficient (Wildman–Crippen LogP) is 6.61. The molecule has 0 amide bonds. The lowest BCUT2D eigenvalue weighted by molar-refractivity contribution is -0.198. The molecule has 2 aliphatic heterocycles. The first kappa shape index (κ1) is 34.8. The van der Waals surface area contributed by atoms with Crippen molar-refractivity contribution in [3.05, 3.63) is 71.9 Å². The monoisotopic (exact) mass is 709 g/mol. The minimum absolute atomic E-state index is 0.104. The quantitative estimate of drug-likeness (QED) is 0.155. The van der Waals surface area contributed by atoms with E-state index >= 15 is 0 Å². The van der Waals surface area contributed by atoms with Gasteiger partial charge in [0.2, 0.25) is 0 Å². The first-order valence-electron chi connectivity index (χ1n) is 18.4. The summed E-state index contributed by atoms with van der Waals surface area (Å²) in [6, 6.07) is 14.9. The molecule has 3 aromatic heterocycles. The van der Waals surface area contributed by atoms with Gasteiger partial charge in [0.15, 0.2) is 12.0 Å². The molecule has 3 aliphatic rings. The number of benzene rings is 2. The molecule has 12 nitrogen and oxygen atoms in total. The summed E-state index contributed by atoms with van der Waals surface area (Å²) in [5.41, 5.74) is 5.35. The molecule has 5 heterocycles. The van der Waals surface area contributed by atoms with Gasteiger partial charge in [-0.3, -0.25) is 0 Å². The third-order valence-electron chi connectivity index (χ3n) is 11.0. The van der Waals surface area contributed by atoms with E-state index in [1.54, 1.807) is 20.5 Å². The third kappa shape index (κ3) is 6.61.